The van der Waals surface area contributed by atoms with Crippen LogP contribution in [0.2, 0.25) is 0 Å². The van der Waals surface area contributed by atoms with Crippen LogP contribution in [-0.4, -0.2) is 17.4 Å². The van der Waals surface area contributed by atoms with Gasteiger partial charge in [-0.25, -0.2) is 9.37 Å². The molecule has 0 saturated carbocycles. The van der Waals surface area contributed by atoms with Crippen molar-refractivity contribution in [1.29, 1.82) is 0 Å². The second kappa shape index (κ2) is 5.86. The monoisotopic (exact) mass is 344 g/mol. The smallest absolute Gasteiger partial charge is 0.277 e. The molecule has 0 atom stereocenters. The van der Waals surface area contributed by atoms with Crippen molar-refractivity contribution < 1.29 is 9.18 Å². The normalized spacial score (nSPS) is 13.9. The van der Waals surface area contributed by atoms with E-state index in [1.54, 1.807) is 22.8 Å². The molecule has 3 aromatic rings. The number of carbonyl (C=O) groups excluding carboxylic acids is 1. The lowest BCUT2D eigenvalue weighted by Crippen LogP contribution is -2.36. The van der Waals surface area contributed by atoms with Gasteiger partial charge in [-0.1, -0.05) is 12.1 Å². The average Bonchev–Trinajstić information content (AvgIpc) is 3.25. The molecule has 0 aliphatic carbocycles. The first kappa shape index (κ1) is 14.5. The van der Waals surface area contributed by atoms with Crippen molar-refractivity contribution in [2.75, 3.05) is 11.4 Å². The van der Waals surface area contributed by atoms with E-state index in [1.807, 2.05) is 22.9 Å². The van der Waals surface area contributed by atoms with Gasteiger partial charge in [-0.15, -0.1) is 11.3 Å². The standard InChI is InChI=1S/C17H13FN2OS2/c18-13-5-1-3-11-4-2-7-20(15(11)13)17(21)14-10-23-16(19-14)12-6-8-22-9-12/h1,3,5-6,8-10H,2,4,7H2. The molecule has 1 aliphatic heterocycles. The van der Waals surface area contributed by atoms with Crippen LogP contribution in [0.25, 0.3) is 10.6 Å². The van der Waals surface area contributed by atoms with Gasteiger partial charge in [0.05, 0.1) is 5.69 Å². The van der Waals surface area contributed by atoms with Gasteiger partial charge >= 0.3 is 0 Å². The number of fused-ring (bicyclic) bond motifs is 1. The highest BCUT2D eigenvalue weighted by atomic mass is 32.1. The van der Waals surface area contributed by atoms with E-state index in [0.29, 0.717) is 17.9 Å². The number of rotatable bonds is 2. The van der Waals surface area contributed by atoms with Crippen LogP contribution in [0.5, 0.6) is 0 Å². The molecule has 3 heterocycles. The largest absolute Gasteiger partial charge is 0.304 e. The first-order valence-corrected chi connectivity index (χ1v) is 9.13. The number of amides is 1. The van der Waals surface area contributed by atoms with Crippen LogP contribution in [0.4, 0.5) is 10.1 Å². The maximum absolute atomic E-state index is 14.2. The molecule has 23 heavy (non-hydrogen) atoms. The van der Waals surface area contributed by atoms with Gasteiger partial charge in [-0.2, -0.15) is 11.3 Å². The summed E-state index contributed by atoms with van der Waals surface area (Å²) in [5.41, 5.74) is 2.70. The summed E-state index contributed by atoms with van der Waals surface area (Å²) in [6.07, 6.45) is 1.64. The van der Waals surface area contributed by atoms with E-state index in [-0.39, 0.29) is 11.7 Å². The van der Waals surface area contributed by atoms with Crippen molar-refractivity contribution in [3.63, 3.8) is 0 Å². The zero-order chi connectivity index (χ0) is 15.8. The van der Waals surface area contributed by atoms with Crippen molar-refractivity contribution in [1.82, 2.24) is 4.98 Å². The fourth-order valence-corrected chi connectivity index (χ4v) is 4.34. The molecule has 0 saturated heterocycles. The number of para-hydroxylation sites is 1. The molecule has 2 aromatic heterocycles. The Morgan fingerprint density at radius 1 is 1.26 bits per heavy atom. The number of anilines is 1. The number of benzene rings is 1. The van der Waals surface area contributed by atoms with E-state index in [1.165, 1.54) is 22.3 Å². The van der Waals surface area contributed by atoms with Crippen molar-refractivity contribution >= 4 is 34.3 Å². The summed E-state index contributed by atoms with van der Waals surface area (Å²) < 4.78 is 14.2. The molecule has 0 N–H and O–H groups in total. The number of carbonyl (C=O) groups is 1. The molecule has 3 nitrogen and oxygen atoms in total. The van der Waals surface area contributed by atoms with Crippen LogP contribution in [0.1, 0.15) is 22.5 Å². The molecule has 6 heteroatoms. The highest BCUT2D eigenvalue weighted by molar-refractivity contribution is 7.14. The summed E-state index contributed by atoms with van der Waals surface area (Å²) in [5, 5.41) is 6.56. The minimum Gasteiger partial charge on any atom is -0.304 e. The summed E-state index contributed by atoms with van der Waals surface area (Å²) in [5.74, 6) is -0.572. The van der Waals surface area contributed by atoms with Crippen molar-refractivity contribution in [2.24, 2.45) is 0 Å². The zero-order valence-corrected chi connectivity index (χ0v) is 13.8. The SMILES string of the molecule is O=C(c1csc(-c2ccsc2)n1)N1CCCc2cccc(F)c21. The molecule has 4 rings (SSSR count). The third-order valence-corrected chi connectivity index (χ3v) is 5.48. The Bertz CT molecular complexity index is 857. The summed E-state index contributed by atoms with van der Waals surface area (Å²) in [6, 6.07) is 6.96. The lowest BCUT2D eigenvalue weighted by atomic mass is 10.0. The summed E-state index contributed by atoms with van der Waals surface area (Å²) in [6.45, 7) is 0.526. The van der Waals surface area contributed by atoms with Crippen molar-refractivity contribution in [2.45, 2.75) is 12.8 Å². The Balaban J connectivity index is 1.69. The Labute approximate surface area is 141 Å². The lowest BCUT2D eigenvalue weighted by molar-refractivity contribution is 0.0980. The number of aryl methyl sites for hydroxylation is 1. The van der Waals surface area contributed by atoms with Crippen LogP contribution in [-0.2, 0) is 6.42 Å². The molecular weight excluding hydrogens is 331 g/mol. The highest BCUT2D eigenvalue weighted by Crippen LogP contribution is 2.32. The van der Waals surface area contributed by atoms with Crippen LogP contribution in [0.15, 0.2) is 40.4 Å². The Hall–Kier alpha value is -2.05. The number of hydrogen-bond donors (Lipinski definition) is 0. The van der Waals surface area contributed by atoms with Gasteiger partial charge in [-0.3, -0.25) is 4.79 Å². The highest BCUT2D eigenvalue weighted by Gasteiger charge is 2.27. The second-order valence-corrected chi connectivity index (χ2v) is 7.00. The van der Waals surface area contributed by atoms with Crippen molar-refractivity contribution in [3.05, 3.63) is 57.5 Å². The third-order valence-electron chi connectivity index (χ3n) is 3.90. The summed E-state index contributed by atoms with van der Waals surface area (Å²) in [4.78, 5) is 18.8. The molecule has 1 aliphatic rings. The predicted molar refractivity (Wildman–Crippen MR) is 91.8 cm³/mol. The van der Waals surface area contributed by atoms with Gasteiger partial charge in [0, 0.05) is 22.9 Å². The lowest BCUT2D eigenvalue weighted by Gasteiger charge is -2.29. The Morgan fingerprint density at radius 2 is 2.17 bits per heavy atom. The summed E-state index contributed by atoms with van der Waals surface area (Å²) in [7, 11) is 0. The Kier molecular flexibility index (Phi) is 3.71. The molecule has 0 bridgehead atoms. The van der Waals surface area contributed by atoms with Gasteiger partial charge in [-0.05, 0) is 35.9 Å². The number of hydrogen-bond acceptors (Lipinski definition) is 4. The topological polar surface area (TPSA) is 33.2 Å². The fraction of sp³-hybridized carbons (Fsp3) is 0.176. The molecule has 116 valence electrons. The summed E-state index contributed by atoms with van der Waals surface area (Å²) >= 11 is 3.03. The average molecular weight is 344 g/mol. The first-order chi connectivity index (χ1) is 11.2. The molecule has 1 aromatic carbocycles. The molecule has 0 unspecified atom stereocenters. The number of thiazole rings is 1. The molecule has 1 amide bonds. The van der Waals surface area contributed by atoms with E-state index < -0.39 is 0 Å². The number of aromatic nitrogens is 1. The van der Waals surface area contributed by atoms with Gasteiger partial charge in [0.15, 0.2) is 0 Å². The van der Waals surface area contributed by atoms with E-state index in [0.717, 1.165) is 29.0 Å². The minimum atomic E-state index is -0.344. The number of halogens is 1. The molecular formula is C17H13FN2OS2. The van der Waals surface area contributed by atoms with Gasteiger partial charge < -0.3 is 4.90 Å². The van der Waals surface area contributed by atoms with E-state index in [4.69, 9.17) is 0 Å². The number of nitrogens with zero attached hydrogens (tertiary/aromatic N) is 2. The first-order valence-electron chi connectivity index (χ1n) is 7.31. The quantitative estimate of drug-likeness (QED) is 0.680. The van der Waals surface area contributed by atoms with Crippen molar-refractivity contribution in [3.8, 4) is 10.6 Å². The van der Waals surface area contributed by atoms with E-state index in [9.17, 15) is 9.18 Å². The van der Waals surface area contributed by atoms with E-state index >= 15 is 0 Å². The van der Waals surface area contributed by atoms with Gasteiger partial charge in [0.25, 0.3) is 5.91 Å². The van der Waals surface area contributed by atoms with Crippen LogP contribution < -0.4 is 4.90 Å². The zero-order valence-electron chi connectivity index (χ0n) is 12.2. The molecule has 0 fully saturated rings. The van der Waals surface area contributed by atoms with Gasteiger partial charge in [0.2, 0.25) is 0 Å². The number of thiophene rings is 1. The fourth-order valence-electron chi connectivity index (χ4n) is 2.84. The van der Waals surface area contributed by atoms with E-state index in [2.05, 4.69) is 4.98 Å². The molecule has 0 radical (unpaired) electrons. The maximum Gasteiger partial charge on any atom is 0.277 e. The van der Waals surface area contributed by atoms with Crippen LogP contribution in [0.3, 0.4) is 0 Å². The minimum absolute atomic E-state index is 0.228. The predicted octanol–water partition coefficient (Wildman–Crippen LogP) is 4.60. The van der Waals surface area contributed by atoms with Crippen LogP contribution >= 0.6 is 22.7 Å². The van der Waals surface area contributed by atoms with Gasteiger partial charge in [0.1, 0.15) is 16.5 Å². The second-order valence-electron chi connectivity index (χ2n) is 5.36. The molecule has 0 spiro atoms. The van der Waals surface area contributed by atoms with Crippen LogP contribution in [0, 0.1) is 5.82 Å². The third kappa shape index (κ3) is 2.58. The maximum atomic E-state index is 14.2. The Morgan fingerprint density at radius 3 is 3.00 bits per heavy atom.